The molecular formula is C23H28N4O4. The number of anilines is 1. The first-order valence-electron chi connectivity index (χ1n) is 10.1. The Morgan fingerprint density at radius 1 is 1.35 bits per heavy atom. The molecule has 8 heteroatoms. The van der Waals surface area contributed by atoms with Crippen molar-refractivity contribution in [2.75, 3.05) is 39.7 Å². The fourth-order valence-corrected chi connectivity index (χ4v) is 3.40. The Morgan fingerprint density at radius 2 is 2.16 bits per heavy atom. The smallest absolute Gasteiger partial charge is 0.246 e. The zero-order chi connectivity index (χ0) is 22.4. The second-order valence-corrected chi connectivity index (χ2v) is 7.41. The minimum atomic E-state index is -0.148. The Hall–Kier alpha value is -3.39. The molecule has 0 spiro atoms. The van der Waals surface area contributed by atoms with Gasteiger partial charge in [0.2, 0.25) is 11.8 Å². The van der Waals surface area contributed by atoms with Gasteiger partial charge >= 0.3 is 0 Å². The lowest BCUT2D eigenvalue weighted by atomic mass is 10.1. The van der Waals surface area contributed by atoms with Crippen molar-refractivity contribution in [3.8, 4) is 11.5 Å². The third kappa shape index (κ3) is 5.61. The van der Waals surface area contributed by atoms with E-state index in [1.54, 1.807) is 31.3 Å². The molecule has 31 heavy (non-hydrogen) atoms. The predicted octanol–water partition coefficient (Wildman–Crippen LogP) is 2.54. The van der Waals surface area contributed by atoms with Gasteiger partial charge in [-0.2, -0.15) is 0 Å². The summed E-state index contributed by atoms with van der Waals surface area (Å²) in [5.41, 5.74) is 2.58. The topological polar surface area (TPSA) is 84.0 Å². The van der Waals surface area contributed by atoms with Crippen LogP contribution < -0.4 is 14.8 Å². The quantitative estimate of drug-likeness (QED) is 0.688. The van der Waals surface area contributed by atoms with Crippen molar-refractivity contribution in [1.82, 2.24) is 14.8 Å². The second kappa shape index (κ2) is 10.1. The van der Waals surface area contributed by atoms with Crippen LogP contribution >= 0.6 is 0 Å². The standard InChI is InChI=1S/C23H28N4O4/c1-5-31-22-17(7-6-8-19(22)30-4)14-27(3)21(29)10-9-16-11-18-13-26(2)15-20(28)25-23(18)24-12-16/h6-12H,5,13-15H2,1-4H3,(H,24,25,28)/b10-9+. The average Bonchev–Trinajstić information content (AvgIpc) is 2.88. The van der Waals surface area contributed by atoms with Crippen molar-refractivity contribution in [3.63, 3.8) is 0 Å². The number of rotatable bonds is 7. The van der Waals surface area contributed by atoms with Gasteiger partial charge in [0, 0.05) is 43.5 Å². The maximum Gasteiger partial charge on any atom is 0.246 e. The largest absolute Gasteiger partial charge is 0.493 e. The monoisotopic (exact) mass is 424 g/mol. The number of fused-ring (bicyclic) bond motifs is 1. The molecule has 2 aromatic rings. The van der Waals surface area contributed by atoms with Gasteiger partial charge in [0.05, 0.1) is 20.3 Å². The number of nitrogens with one attached hydrogen (secondary N) is 1. The Bertz CT molecular complexity index is 990. The number of pyridine rings is 1. The minimum Gasteiger partial charge on any atom is -0.493 e. The first-order valence-corrected chi connectivity index (χ1v) is 10.1. The fourth-order valence-electron chi connectivity index (χ4n) is 3.40. The Morgan fingerprint density at radius 3 is 2.90 bits per heavy atom. The predicted molar refractivity (Wildman–Crippen MR) is 119 cm³/mol. The first-order chi connectivity index (χ1) is 14.9. The summed E-state index contributed by atoms with van der Waals surface area (Å²) in [4.78, 5) is 32.3. The number of benzene rings is 1. The van der Waals surface area contributed by atoms with Gasteiger partial charge in [0.25, 0.3) is 0 Å². The normalized spacial score (nSPS) is 14.0. The highest BCUT2D eigenvalue weighted by Gasteiger charge is 2.18. The molecule has 8 nitrogen and oxygen atoms in total. The van der Waals surface area contributed by atoms with Crippen LogP contribution in [0.3, 0.4) is 0 Å². The van der Waals surface area contributed by atoms with Gasteiger partial charge in [0.1, 0.15) is 5.82 Å². The van der Waals surface area contributed by atoms with E-state index in [0.29, 0.717) is 43.6 Å². The molecule has 0 bridgehead atoms. The minimum absolute atomic E-state index is 0.0854. The maximum absolute atomic E-state index is 12.7. The van der Waals surface area contributed by atoms with Crippen molar-refractivity contribution >= 4 is 23.7 Å². The van der Waals surface area contributed by atoms with Crippen molar-refractivity contribution in [1.29, 1.82) is 0 Å². The molecule has 2 amide bonds. The van der Waals surface area contributed by atoms with Crippen molar-refractivity contribution in [3.05, 3.63) is 53.2 Å². The van der Waals surface area contributed by atoms with E-state index in [4.69, 9.17) is 9.47 Å². The summed E-state index contributed by atoms with van der Waals surface area (Å²) >= 11 is 0. The van der Waals surface area contributed by atoms with Crippen LogP contribution in [0.2, 0.25) is 0 Å². The van der Waals surface area contributed by atoms with E-state index >= 15 is 0 Å². The summed E-state index contributed by atoms with van der Waals surface area (Å²) in [5.74, 6) is 1.63. The molecule has 0 unspecified atom stereocenters. The molecule has 2 heterocycles. The number of methoxy groups -OCH3 is 1. The highest BCUT2D eigenvalue weighted by atomic mass is 16.5. The lowest BCUT2D eigenvalue weighted by Crippen LogP contribution is -2.26. The van der Waals surface area contributed by atoms with Gasteiger partial charge in [-0.1, -0.05) is 12.1 Å². The fraction of sp³-hybridized carbons (Fsp3) is 0.348. The zero-order valence-electron chi connectivity index (χ0n) is 18.3. The van der Waals surface area contributed by atoms with E-state index in [1.807, 2.05) is 43.1 Å². The number of para-hydroxylation sites is 1. The highest BCUT2D eigenvalue weighted by Crippen LogP contribution is 2.31. The number of carbonyl (C=O) groups is 2. The molecule has 1 aromatic heterocycles. The van der Waals surface area contributed by atoms with Crippen molar-refractivity contribution < 1.29 is 19.1 Å². The van der Waals surface area contributed by atoms with Gasteiger partial charge in [-0.3, -0.25) is 14.5 Å². The lowest BCUT2D eigenvalue weighted by molar-refractivity contribution is -0.125. The van der Waals surface area contributed by atoms with Gasteiger partial charge < -0.3 is 19.7 Å². The van der Waals surface area contributed by atoms with Gasteiger partial charge in [-0.05, 0) is 37.7 Å². The summed E-state index contributed by atoms with van der Waals surface area (Å²) in [5, 5.41) is 2.80. The van der Waals surface area contributed by atoms with Gasteiger partial charge in [-0.15, -0.1) is 0 Å². The van der Waals surface area contributed by atoms with E-state index < -0.39 is 0 Å². The molecule has 0 atom stereocenters. The van der Waals surface area contributed by atoms with Crippen LogP contribution in [0.25, 0.3) is 6.08 Å². The molecule has 164 valence electrons. The molecule has 0 saturated carbocycles. The maximum atomic E-state index is 12.7. The second-order valence-electron chi connectivity index (χ2n) is 7.41. The summed E-state index contributed by atoms with van der Waals surface area (Å²) in [6.45, 7) is 3.72. The summed E-state index contributed by atoms with van der Waals surface area (Å²) in [6.07, 6.45) is 4.89. The van der Waals surface area contributed by atoms with Crippen LogP contribution in [0.1, 0.15) is 23.6 Å². The molecule has 1 aliphatic heterocycles. The van der Waals surface area contributed by atoms with Crippen molar-refractivity contribution in [2.24, 2.45) is 0 Å². The van der Waals surface area contributed by atoms with Crippen LogP contribution in [0.5, 0.6) is 11.5 Å². The van der Waals surface area contributed by atoms with Crippen LogP contribution in [-0.2, 0) is 22.7 Å². The molecule has 0 fully saturated rings. The number of nitrogens with zero attached hydrogens (tertiary/aromatic N) is 3. The molecular weight excluding hydrogens is 396 g/mol. The van der Waals surface area contributed by atoms with E-state index in [2.05, 4.69) is 10.3 Å². The summed E-state index contributed by atoms with van der Waals surface area (Å²) in [7, 11) is 5.21. The Kier molecular flexibility index (Phi) is 7.25. The summed E-state index contributed by atoms with van der Waals surface area (Å²) in [6, 6.07) is 7.56. The highest BCUT2D eigenvalue weighted by molar-refractivity contribution is 5.93. The van der Waals surface area contributed by atoms with E-state index in [9.17, 15) is 9.59 Å². The molecule has 0 saturated heterocycles. The van der Waals surface area contributed by atoms with Crippen LogP contribution in [0.4, 0.5) is 5.82 Å². The third-order valence-corrected chi connectivity index (χ3v) is 4.87. The third-order valence-electron chi connectivity index (χ3n) is 4.87. The van der Waals surface area contributed by atoms with E-state index in [1.165, 1.54) is 6.08 Å². The average molecular weight is 425 g/mol. The molecule has 0 aliphatic carbocycles. The molecule has 3 rings (SSSR count). The number of aromatic nitrogens is 1. The first kappa shape index (κ1) is 22.3. The van der Waals surface area contributed by atoms with E-state index in [-0.39, 0.29) is 11.8 Å². The number of likely N-dealkylation sites (N-methyl/N-ethyl adjacent to an activating group) is 2. The number of amides is 2. The lowest BCUT2D eigenvalue weighted by Gasteiger charge is -2.19. The van der Waals surface area contributed by atoms with Crippen LogP contribution in [0, 0.1) is 0 Å². The van der Waals surface area contributed by atoms with Gasteiger partial charge in [0.15, 0.2) is 11.5 Å². The molecule has 1 N–H and O–H groups in total. The van der Waals surface area contributed by atoms with Crippen molar-refractivity contribution in [2.45, 2.75) is 20.0 Å². The Labute approximate surface area is 182 Å². The molecule has 0 radical (unpaired) electrons. The zero-order valence-corrected chi connectivity index (χ0v) is 18.3. The van der Waals surface area contributed by atoms with Crippen LogP contribution in [0.15, 0.2) is 36.5 Å². The molecule has 1 aliphatic rings. The Balaban J connectivity index is 1.71. The number of hydrogen-bond acceptors (Lipinski definition) is 6. The summed E-state index contributed by atoms with van der Waals surface area (Å²) < 4.78 is 11.1. The SMILES string of the molecule is CCOc1c(CN(C)C(=O)/C=C/c2cnc3c(c2)CN(C)CC(=O)N3)cccc1OC. The van der Waals surface area contributed by atoms with Gasteiger partial charge in [-0.25, -0.2) is 4.98 Å². The number of ether oxygens (including phenoxy) is 2. The number of hydrogen-bond donors (Lipinski definition) is 1. The van der Waals surface area contributed by atoms with Crippen LogP contribution in [-0.4, -0.2) is 61.0 Å². The van der Waals surface area contributed by atoms with E-state index in [0.717, 1.165) is 16.7 Å². The number of carbonyl (C=O) groups excluding carboxylic acids is 2. The molecule has 1 aromatic carbocycles.